The highest BCUT2D eigenvalue weighted by Crippen LogP contribution is 2.17. The first-order chi connectivity index (χ1) is 9.61. The summed E-state index contributed by atoms with van der Waals surface area (Å²) in [6.07, 6.45) is 0. The molecule has 102 valence electrons. The predicted molar refractivity (Wildman–Crippen MR) is 73.8 cm³/mol. The lowest BCUT2D eigenvalue weighted by atomic mass is 10.1. The van der Waals surface area contributed by atoms with E-state index < -0.39 is 11.9 Å². The highest BCUT2D eigenvalue weighted by molar-refractivity contribution is 6.11. The molecule has 2 aromatic rings. The zero-order valence-corrected chi connectivity index (χ0v) is 10.8. The number of phenols is 1. The number of nitrogens with one attached hydrogen (secondary N) is 1. The van der Waals surface area contributed by atoms with Crippen molar-refractivity contribution >= 4 is 17.6 Å². The number of hydrogen-bond donors (Lipinski definition) is 2. The Labute approximate surface area is 115 Å². The zero-order chi connectivity index (χ0) is 14.5. The van der Waals surface area contributed by atoms with Crippen LogP contribution in [0.4, 0.5) is 5.69 Å². The maximum atomic E-state index is 12.2. The summed E-state index contributed by atoms with van der Waals surface area (Å²) in [6.45, 7) is 0. The Kier molecular flexibility index (Phi) is 4.00. The highest BCUT2D eigenvalue weighted by atomic mass is 16.5. The first-order valence-electron chi connectivity index (χ1n) is 5.89. The lowest BCUT2D eigenvalue weighted by Crippen LogP contribution is -2.17. The van der Waals surface area contributed by atoms with E-state index >= 15 is 0 Å². The van der Waals surface area contributed by atoms with E-state index in [1.54, 1.807) is 24.3 Å². The van der Waals surface area contributed by atoms with Gasteiger partial charge in [0.05, 0.1) is 18.2 Å². The van der Waals surface area contributed by atoms with E-state index in [2.05, 4.69) is 10.1 Å². The average molecular weight is 271 g/mol. The molecular formula is C15H13NO4. The maximum absolute atomic E-state index is 12.2. The van der Waals surface area contributed by atoms with Gasteiger partial charge in [-0.3, -0.25) is 4.79 Å². The molecule has 5 heteroatoms. The van der Waals surface area contributed by atoms with Crippen LogP contribution in [-0.2, 0) is 4.74 Å². The van der Waals surface area contributed by atoms with Crippen LogP contribution in [0.15, 0.2) is 48.5 Å². The second-order valence-electron chi connectivity index (χ2n) is 4.04. The molecule has 0 radical (unpaired) electrons. The van der Waals surface area contributed by atoms with E-state index in [1.807, 2.05) is 0 Å². The number of phenolic OH excluding ortho intramolecular Hbond substituents is 1. The molecule has 0 fully saturated rings. The summed E-state index contributed by atoms with van der Waals surface area (Å²) < 4.78 is 4.64. The van der Waals surface area contributed by atoms with Crippen LogP contribution in [0.25, 0.3) is 0 Å². The molecule has 0 bridgehead atoms. The van der Waals surface area contributed by atoms with Crippen LogP contribution in [0.3, 0.4) is 0 Å². The van der Waals surface area contributed by atoms with Crippen LogP contribution in [0.1, 0.15) is 20.7 Å². The van der Waals surface area contributed by atoms with E-state index in [0.717, 1.165) is 0 Å². The number of benzene rings is 2. The molecule has 5 nitrogen and oxygen atoms in total. The van der Waals surface area contributed by atoms with Crippen molar-refractivity contribution in [2.24, 2.45) is 0 Å². The Hall–Kier alpha value is -2.82. The Balaban J connectivity index is 2.28. The third kappa shape index (κ3) is 2.95. The normalized spacial score (nSPS) is 9.85. The predicted octanol–water partition coefficient (Wildman–Crippen LogP) is 2.43. The van der Waals surface area contributed by atoms with E-state index in [9.17, 15) is 14.7 Å². The smallest absolute Gasteiger partial charge is 0.338 e. The lowest BCUT2D eigenvalue weighted by Gasteiger charge is -2.09. The number of hydrogen-bond acceptors (Lipinski definition) is 4. The molecule has 0 aliphatic rings. The van der Waals surface area contributed by atoms with Crippen LogP contribution in [-0.4, -0.2) is 24.1 Å². The molecule has 2 N–H and O–H groups in total. The standard InChI is InChI=1S/C15H13NO4/c1-20-15(19)13-8-3-2-7-12(13)14(18)16-10-5-4-6-11(17)9-10/h2-9,17H,1H3,(H,16,18). The number of ether oxygens (including phenoxy) is 1. The molecule has 0 aliphatic heterocycles. The van der Waals surface area contributed by atoms with Gasteiger partial charge < -0.3 is 15.2 Å². The molecule has 0 atom stereocenters. The Morgan fingerprint density at radius 1 is 1.05 bits per heavy atom. The molecule has 2 rings (SSSR count). The van der Waals surface area contributed by atoms with Gasteiger partial charge >= 0.3 is 5.97 Å². The van der Waals surface area contributed by atoms with Crippen molar-refractivity contribution in [3.8, 4) is 5.75 Å². The first-order valence-corrected chi connectivity index (χ1v) is 5.89. The van der Waals surface area contributed by atoms with Gasteiger partial charge in [-0.05, 0) is 24.3 Å². The minimum absolute atomic E-state index is 0.0454. The van der Waals surface area contributed by atoms with Gasteiger partial charge in [-0.2, -0.15) is 0 Å². The number of carbonyl (C=O) groups is 2. The lowest BCUT2D eigenvalue weighted by molar-refractivity contribution is 0.0597. The van der Waals surface area contributed by atoms with Crippen LogP contribution in [0.5, 0.6) is 5.75 Å². The SMILES string of the molecule is COC(=O)c1ccccc1C(=O)Nc1cccc(O)c1. The molecule has 0 aromatic heterocycles. The van der Waals surface area contributed by atoms with E-state index in [-0.39, 0.29) is 16.9 Å². The third-order valence-corrected chi connectivity index (χ3v) is 2.68. The van der Waals surface area contributed by atoms with Crippen molar-refractivity contribution in [3.63, 3.8) is 0 Å². The van der Waals surface area contributed by atoms with Crippen molar-refractivity contribution < 1.29 is 19.4 Å². The monoisotopic (exact) mass is 271 g/mol. The Bertz CT molecular complexity index is 652. The van der Waals surface area contributed by atoms with Crippen LogP contribution < -0.4 is 5.32 Å². The van der Waals surface area contributed by atoms with Crippen LogP contribution in [0.2, 0.25) is 0 Å². The second kappa shape index (κ2) is 5.88. The fraction of sp³-hybridized carbons (Fsp3) is 0.0667. The maximum Gasteiger partial charge on any atom is 0.338 e. The third-order valence-electron chi connectivity index (χ3n) is 2.68. The summed E-state index contributed by atoms with van der Waals surface area (Å²) in [6, 6.07) is 12.5. The first kappa shape index (κ1) is 13.6. The van der Waals surface area contributed by atoms with E-state index in [1.165, 1.54) is 31.4 Å². The second-order valence-corrected chi connectivity index (χ2v) is 4.04. The average Bonchev–Trinajstić information content (AvgIpc) is 2.46. The topological polar surface area (TPSA) is 75.6 Å². The number of carbonyl (C=O) groups excluding carboxylic acids is 2. The number of methoxy groups -OCH3 is 1. The summed E-state index contributed by atoms with van der Waals surface area (Å²) in [5.41, 5.74) is 0.838. The van der Waals surface area contributed by atoms with Crippen LogP contribution in [0, 0.1) is 0 Å². The van der Waals surface area contributed by atoms with Gasteiger partial charge in [-0.1, -0.05) is 18.2 Å². The van der Waals surface area contributed by atoms with Gasteiger partial charge in [0.2, 0.25) is 0 Å². The van der Waals surface area contributed by atoms with Crippen molar-refractivity contribution in [2.45, 2.75) is 0 Å². The zero-order valence-electron chi connectivity index (χ0n) is 10.8. The summed E-state index contributed by atoms with van der Waals surface area (Å²) in [5, 5.41) is 12.0. The van der Waals surface area contributed by atoms with Crippen molar-refractivity contribution in [1.82, 2.24) is 0 Å². The number of rotatable bonds is 3. The van der Waals surface area contributed by atoms with Crippen LogP contribution >= 0.6 is 0 Å². The summed E-state index contributed by atoms with van der Waals surface area (Å²) in [7, 11) is 1.26. The minimum Gasteiger partial charge on any atom is -0.508 e. The number of anilines is 1. The highest BCUT2D eigenvalue weighted by Gasteiger charge is 2.17. The molecule has 0 heterocycles. The number of aromatic hydroxyl groups is 1. The van der Waals surface area contributed by atoms with Crippen molar-refractivity contribution in [1.29, 1.82) is 0 Å². The summed E-state index contributed by atoms with van der Waals surface area (Å²) in [5.74, 6) is -0.979. The van der Waals surface area contributed by atoms with Crippen molar-refractivity contribution in [2.75, 3.05) is 12.4 Å². The summed E-state index contributed by atoms with van der Waals surface area (Å²) in [4.78, 5) is 23.8. The fourth-order valence-electron chi connectivity index (χ4n) is 1.75. The molecule has 2 aromatic carbocycles. The molecule has 0 saturated carbocycles. The Morgan fingerprint density at radius 3 is 2.40 bits per heavy atom. The number of amides is 1. The molecule has 0 spiro atoms. The molecular weight excluding hydrogens is 258 g/mol. The largest absolute Gasteiger partial charge is 0.508 e. The molecule has 1 amide bonds. The van der Waals surface area contributed by atoms with Crippen molar-refractivity contribution in [3.05, 3.63) is 59.7 Å². The van der Waals surface area contributed by atoms with E-state index in [0.29, 0.717) is 5.69 Å². The quantitative estimate of drug-likeness (QED) is 0.841. The van der Waals surface area contributed by atoms with E-state index in [4.69, 9.17) is 0 Å². The molecule has 0 saturated heterocycles. The molecule has 0 aliphatic carbocycles. The fourth-order valence-corrected chi connectivity index (χ4v) is 1.75. The van der Waals surface area contributed by atoms with Gasteiger partial charge in [0.15, 0.2) is 0 Å². The minimum atomic E-state index is -0.577. The molecule has 0 unspecified atom stereocenters. The van der Waals surface area contributed by atoms with Gasteiger partial charge in [0, 0.05) is 11.8 Å². The van der Waals surface area contributed by atoms with Gasteiger partial charge in [-0.15, -0.1) is 0 Å². The Morgan fingerprint density at radius 2 is 1.75 bits per heavy atom. The van der Waals surface area contributed by atoms with Gasteiger partial charge in [0.25, 0.3) is 5.91 Å². The molecule has 20 heavy (non-hydrogen) atoms. The summed E-state index contributed by atoms with van der Waals surface area (Å²) >= 11 is 0. The van der Waals surface area contributed by atoms with Gasteiger partial charge in [-0.25, -0.2) is 4.79 Å². The van der Waals surface area contributed by atoms with Gasteiger partial charge in [0.1, 0.15) is 5.75 Å². The number of esters is 1.